The lowest BCUT2D eigenvalue weighted by Crippen LogP contribution is -2.58. The van der Waals surface area contributed by atoms with Gasteiger partial charge in [0.05, 0.1) is 12.0 Å². The lowest BCUT2D eigenvalue weighted by atomic mass is 9.76. The van der Waals surface area contributed by atoms with Gasteiger partial charge in [0, 0.05) is 18.7 Å². The Morgan fingerprint density at radius 3 is 2.77 bits per heavy atom. The standard InChI is InChI=1S/C22H32N2O2/c1-17-7-2-3-8-18(17)15-21(25)23-19-9-11-22(10-6-14-26-22)16-20(19)24-12-4-5-13-24/h2-3,7-8,19-20H,4-6,9-16H2,1H3,(H,23,25). The molecule has 2 aliphatic heterocycles. The van der Waals surface area contributed by atoms with E-state index in [9.17, 15) is 4.79 Å². The van der Waals surface area contributed by atoms with Crippen LogP contribution in [0.4, 0.5) is 0 Å². The highest BCUT2D eigenvalue weighted by Crippen LogP contribution is 2.41. The summed E-state index contributed by atoms with van der Waals surface area (Å²) in [6.45, 7) is 5.34. The first-order chi connectivity index (χ1) is 12.7. The highest BCUT2D eigenvalue weighted by Gasteiger charge is 2.46. The molecule has 2 saturated heterocycles. The maximum Gasteiger partial charge on any atom is 0.224 e. The van der Waals surface area contributed by atoms with Crippen LogP contribution >= 0.6 is 0 Å². The summed E-state index contributed by atoms with van der Waals surface area (Å²) in [5.41, 5.74) is 2.42. The Balaban J connectivity index is 1.43. The van der Waals surface area contributed by atoms with Crippen molar-refractivity contribution in [3.63, 3.8) is 0 Å². The van der Waals surface area contributed by atoms with Gasteiger partial charge in [0.25, 0.3) is 0 Å². The molecule has 3 atom stereocenters. The van der Waals surface area contributed by atoms with Crippen molar-refractivity contribution in [2.75, 3.05) is 19.7 Å². The van der Waals surface area contributed by atoms with Gasteiger partial charge in [-0.1, -0.05) is 24.3 Å². The van der Waals surface area contributed by atoms with Gasteiger partial charge in [0.2, 0.25) is 5.91 Å². The molecule has 4 nitrogen and oxygen atoms in total. The fourth-order valence-corrected chi connectivity index (χ4v) is 5.21. The number of hydrogen-bond acceptors (Lipinski definition) is 3. The fourth-order valence-electron chi connectivity index (χ4n) is 5.21. The molecule has 0 aromatic heterocycles. The molecule has 3 fully saturated rings. The van der Waals surface area contributed by atoms with E-state index in [1.807, 2.05) is 12.1 Å². The van der Waals surface area contributed by atoms with E-state index in [-0.39, 0.29) is 17.6 Å². The Labute approximate surface area is 157 Å². The molecule has 1 aromatic rings. The Hall–Kier alpha value is -1.39. The first-order valence-corrected chi connectivity index (χ1v) is 10.4. The number of hydrogen-bond donors (Lipinski definition) is 1. The van der Waals surface area contributed by atoms with Gasteiger partial charge < -0.3 is 10.1 Å². The van der Waals surface area contributed by atoms with E-state index in [0.29, 0.717) is 12.5 Å². The summed E-state index contributed by atoms with van der Waals surface area (Å²) >= 11 is 0. The van der Waals surface area contributed by atoms with Gasteiger partial charge in [-0.05, 0) is 76.1 Å². The molecule has 1 N–H and O–H groups in total. The normalized spacial score (nSPS) is 32.2. The van der Waals surface area contributed by atoms with E-state index in [1.54, 1.807) is 0 Å². The number of ether oxygens (including phenoxy) is 1. The van der Waals surface area contributed by atoms with Crippen molar-refractivity contribution < 1.29 is 9.53 Å². The summed E-state index contributed by atoms with van der Waals surface area (Å²) in [6.07, 6.45) is 8.66. The van der Waals surface area contributed by atoms with E-state index in [0.717, 1.165) is 31.4 Å². The summed E-state index contributed by atoms with van der Waals surface area (Å²) in [6, 6.07) is 8.89. The lowest BCUT2D eigenvalue weighted by molar-refractivity contribution is -0.123. The van der Waals surface area contributed by atoms with E-state index in [4.69, 9.17) is 4.74 Å². The molecule has 26 heavy (non-hydrogen) atoms. The van der Waals surface area contributed by atoms with Crippen LogP contribution in [0.15, 0.2) is 24.3 Å². The number of likely N-dealkylation sites (tertiary alicyclic amines) is 1. The highest BCUT2D eigenvalue weighted by molar-refractivity contribution is 5.79. The number of rotatable bonds is 4. The third kappa shape index (κ3) is 3.81. The number of nitrogens with zero attached hydrogens (tertiary/aromatic N) is 1. The number of carbonyl (C=O) groups excluding carboxylic acids is 1. The van der Waals surface area contributed by atoms with Crippen LogP contribution in [0.1, 0.15) is 56.1 Å². The van der Waals surface area contributed by atoms with E-state index in [2.05, 4.69) is 29.3 Å². The zero-order valence-corrected chi connectivity index (χ0v) is 16.0. The Morgan fingerprint density at radius 2 is 2.04 bits per heavy atom. The minimum absolute atomic E-state index is 0.0878. The van der Waals surface area contributed by atoms with Crippen molar-refractivity contribution in [1.82, 2.24) is 10.2 Å². The van der Waals surface area contributed by atoms with Crippen molar-refractivity contribution in [3.05, 3.63) is 35.4 Å². The molecular formula is C22H32N2O2. The monoisotopic (exact) mass is 356 g/mol. The van der Waals surface area contributed by atoms with Gasteiger partial charge >= 0.3 is 0 Å². The number of benzene rings is 1. The second-order valence-corrected chi connectivity index (χ2v) is 8.47. The molecule has 1 amide bonds. The summed E-state index contributed by atoms with van der Waals surface area (Å²) in [5, 5.41) is 3.39. The van der Waals surface area contributed by atoms with Gasteiger partial charge in [-0.15, -0.1) is 0 Å². The van der Waals surface area contributed by atoms with Crippen LogP contribution in [0.5, 0.6) is 0 Å². The molecule has 4 rings (SSSR count). The number of aryl methyl sites for hydroxylation is 1. The molecular weight excluding hydrogens is 324 g/mol. The van der Waals surface area contributed by atoms with E-state index in [1.165, 1.54) is 44.3 Å². The molecule has 3 aliphatic rings. The van der Waals surface area contributed by atoms with Crippen molar-refractivity contribution in [2.24, 2.45) is 0 Å². The van der Waals surface area contributed by atoms with Crippen molar-refractivity contribution in [2.45, 2.75) is 76.0 Å². The van der Waals surface area contributed by atoms with Crippen LogP contribution in [0.3, 0.4) is 0 Å². The molecule has 0 bridgehead atoms. The average Bonchev–Trinajstić information content (AvgIpc) is 3.31. The smallest absolute Gasteiger partial charge is 0.224 e. The van der Waals surface area contributed by atoms with Gasteiger partial charge in [0.15, 0.2) is 0 Å². The van der Waals surface area contributed by atoms with Crippen LogP contribution in [0, 0.1) is 6.92 Å². The van der Waals surface area contributed by atoms with Crippen LogP contribution in [-0.4, -0.2) is 48.2 Å². The molecule has 3 unspecified atom stereocenters. The van der Waals surface area contributed by atoms with Crippen LogP contribution in [0.2, 0.25) is 0 Å². The van der Waals surface area contributed by atoms with Crippen molar-refractivity contribution in [1.29, 1.82) is 0 Å². The van der Waals surface area contributed by atoms with Crippen LogP contribution < -0.4 is 5.32 Å². The van der Waals surface area contributed by atoms with Gasteiger partial charge in [-0.3, -0.25) is 9.69 Å². The van der Waals surface area contributed by atoms with Gasteiger partial charge in [0.1, 0.15) is 0 Å². The molecule has 0 radical (unpaired) electrons. The molecule has 2 heterocycles. The molecule has 1 aromatic carbocycles. The Bertz CT molecular complexity index is 633. The largest absolute Gasteiger partial charge is 0.375 e. The number of carbonyl (C=O) groups is 1. The van der Waals surface area contributed by atoms with E-state index < -0.39 is 0 Å². The van der Waals surface area contributed by atoms with Crippen LogP contribution in [-0.2, 0) is 16.0 Å². The maximum absolute atomic E-state index is 12.7. The SMILES string of the molecule is Cc1ccccc1CC(=O)NC1CCC2(CCCO2)CC1N1CCCC1. The van der Waals surface area contributed by atoms with E-state index >= 15 is 0 Å². The van der Waals surface area contributed by atoms with Crippen LogP contribution in [0.25, 0.3) is 0 Å². The first-order valence-electron chi connectivity index (χ1n) is 10.4. The molecule has 1 spiro atoms. The van der Waals surface area contributed by atoms with Crippen molar-refractivity contribution >= 4 is 5.91 Å². The zero-order chi connectivity index (χ0) is 18.0. The third-order valence-corrected chi connectivity index (χ3v) is 6.71. The topological polar surface area (TPSA) is 41.6 Å². The second kappa shape index (κ2) is 7.69. The molecule has 142 valence electrons. The summed E-state index contributed by atoms with van der Waals surface area (Å²) in [4.78, 5) is 15.4. The summed E-state index contributed by atoms with van der Waals surface area (Å²) in [7, 11) is 0. The summed E-state index contributed by atoms with van der Waals surface area (Å²) < 4.78 is 6.20. The Kier molecular flexibility index (Phi) is 5.32. The van der Waals surface area contributed by atoms with Gasteiger partial charge in [-0.2, -0.15) is 0 Å². The quantitative estimate of drug-likeness (QED) is 0.901. The predicted octanol–water partition coefficient (Wildman–Crippen LogP) is 3.22. The van der Waals surface area contributed by atoms with Gasteiger partial charge in [-0.25, -0.2) is 0 Å². The number of amides is 1. The minimum Gasteiger partial charge on any atom is -0.375 e. The highest BCUT2D eigenvalue weighted by atomic mass is 16.5. The summed E-state index contributed by atoms with van der Waals surface area (Å²) in [5.74, 6) is 0.164. The Morgan fingerprint density at radius 1 is 1.23 bits per heavy atom. The minimum atomic E-state index is 0.0878. The zero-order valence-electron chi connectivity index (χ0n) is 16.0. The number of nitrogens with one attached hydrogen (secondary N) is 1. The fraction of sp³-hybridized carbons (Fsp3) is 0.682. The average molecular weight is 357 g/mol. The molecule has 1 saturated carbocycles. The third-order valence-electron chi connectivity index (χ3n) is 6.71. The maximum atomic E-state index is 12.7. The lowest BCUT2D eigenvalue weighted by Gasteiger charge is -2.46. The second-order valence-electron chi connectivity index (χ2n) is 8.47. The van der Waals surface area contributed by atoms with Crippen molar-refractivity contribution in [3.8, 4) is 0 Å². The predicted molar refractivity (Wildman–Crippen MR) is 103 cm³/mol. The molecule has 1 aliphatic carbocycles. The first kappa shape index (κ1) is 18.0. The molecule has 4 heteroatoms.